The number of rotatable bonds is 5. The van der Waals surface area contributed by atoms with Crippen LogP contribution in [0.1, 0.15) is 11.1 Å². The van der Waals surface area contributed by atoms with Crippen LogP contribution in [-0.2, 0) is 0 Å². The molecule has 0 amide bonds. The van der Waals surface area contributed by atoms with Gasteiger partial charge in [0.05, 0.1) is 21.3 Å². The Morgan fingerprint density at radius 1 is 0.850 bits per heavy atom. The maximum absolute atomic E-state index is 6.27. The second kappa shape index (κ2) is 6.15. The SMILES string of the molecule is [CH]=C(c1cc(OC)cc(OC)c1)c1ccccc1OC. The smallest absolute Gasteiger partial charge is 0.126 e. The minimum Gasteiger partial charge on any atom is -0.497 e. The molecule has 0 heterocycles. The summed E-state index contributed by atoms with van der Waals surface area (Å²) in [5.74, 6) is 2.11. The molecule has 0 fully saturated rings. The Labute approximate surface area is 119 Å². The fourth-order valence-electron chi connectivity index (χ4n) is 1.99. The van der Waals surface area contributed by atoms with Crippen molar-refractivity contribution < 1.29 is 14.2 Å². The number of para-hydroxylation sites is 1. The number of hydrogen-bond donors (Lipinski definition) is 0. The van der Waals surface area contributed by atoms with Crippen LogP contribution in [0.25, 0.3) is 5.57 Å². The quantitative estimate of drug-likeness (QED) is 0.830. The van der Waals surface area contributed by atoms with E-state index in [0.29, 0.717) is 17.1 Å². The lowest BCUT2D eigenvalue weighted by Crippen LogP contribution is -1.94. The average molecular weight is 269 g/mol. The third-order valence-corrected chi connectivity index (χ3v) is 3.06. The summed E-state index contributed by atoms with van der Waals surface area (Å²) < 4.78 is 15.9. The van der Waals surface area contributed by atoms with Crippen LogP contribution < -0.4 is 14.2 Å². The van der Waals surface area contributed by atoms with E-state index < -0.39 is 0 Å². The first-order chi connectivity index (χ1) is 9.69. The normalized spacial score (nSPS) is 9.95. The summed E-state index contributed by atoms with van der Waals surface area (Å²) >= 11 is 0. The maximum Gasteiger partial charge on any atom is 0.126 e. The van der Waals surface area contributed by atoms with Crippen molar-refractivity contribution in [1.29, 1.82) is 0 Å². The van der Waals surface area contributed by atoms with Gasteiger partial charge in [-0.3, -0.25) is 0 Å². The van der Waals surface area contributed by atoms with Crippen molar-refractivity contribution in [2.24, 2.45) is 0 Å². The van der Waals surface area contributed by atoms with Gasteiger partial charge in [0.1, 0.15) is 17.2 Å². The van der Waals surface area contributed by atoms with Crippen molar-refractivity contribution in [2.75, 3.05) is 21.3 Å². The zero-order valence-corrected chi connectivity index (χ0v) is 11.8. The molecule has 0 unspecified atom stereocenters. The van der Waals surface area contributed by atoms with Crippen molar-refractivity contribution in [3.63, 3.8) is 0 Å². The van der Waals surface area contributed by atoms with Gasteiger partial charge < -0.3 is 14.2 Å². The highest BCUT2D eigenvalue weighted by Crippen LogP contribution is 2.33. The van der Waals surface area contributed by atoms with E-state index in [1.54, 1.807) is 27.4 Å². The van der Waals surface area contributed by atoms with Gasteiger partial charge in [-0.15, -0.1) is 0 Å². The van der Waals surface area contributed by atoms with E-state index in [0.717, 1.165) is 16.9 Å². The van der Waals surface area contributed by atoms with E-state index in [1.165, 1.54) is 0 Å². The fourth-order valence-corrected chi connectivity index (χ4v) is 1.99. The molecule has 0 N–H and O–H groups in total. The molecule has 0 saturated carbocycles. The molecule has 2 rings (SSSR count). The highest BCUT2D eigenvalue weighted by atomic mass is 16.5. The van der Waals surface area contributed by atoms with Crippen LogP contribution in [0.3, 0.4) is 0 Å². The van der Waals surface area contributed by atoms with Gasteiger partial charge >= 0.3 is 0 Å². The number of benzene rings is 2. The summed E-state index contributed by atoms with van der Waals surface area (Å²) in [5.41, 5.74) is 2.27. The topological polar surface area (TPSA) is 27.7 Å². The summed E-state index contributed by atoms with van der Waals surface area (Å²) in [7, 11) is 4.84. The first-order valence-corrected chi connectivity index (χ1v) is 6.19. The third kappa shape index (κ3) is 2.77. The molecule has 0 aliphatic heterocycles. The predicted molar refractivity (Wildman–Crippen MR) is 79.3 cm³/mol. The zero-order valence-electron chi connectivity index (χ0n) is 11.8. The molecule has 0 aromatic heterocycles. The van der Waals surface area contributed by atoms with Gasteiger partial charge in [0.15, 0.2) is 0 Å². The van der Waals surface area contributed by atoms with Gasteiger partial charge in [-0.05, 0) is 29.3 Å². The Balaban J connectivity index is 2.47. The first-order valence-electron chi connectivity index (χ1n) is 6.19. The summed E-state index contributed by atoms with van der Waals surface area (Å²) in [6.45, 7) is 6.27. The number of methoxy groups -OCH3 is 3. The molecule has 3 nitrogen and oxygen atoms in total. The Morgan fingerprint density at radius 2 is 1.45 bits per heavy atom. The highest BCUT2D eigenvalue weighted by molar-refractivity contribution is 5.81. The maximum atomic E-state index is 6.27. The molecule has 0 spiro atoms. The molecule has 0 atom stereocenters. The first kappa shape index (κ1) is 14.0. The number of ether oxygens (including phenoxy) is 3. The van der Waals surface area contributed by atoms with Crippen molar-refractivity contribution in [3.8, 4) is 17.2 Å². The van der Waals surface area contributed by atoms with Gasteiger partial charge in [0.2, 0.25) is 0 Å². The van der Waals surface area contributed by atoms with Gasteiger partial charge in [-0.2, -0.15) is 0 Å². The van der Waals surface area contributed by atoms with Crippen LogP contribution >= 0.6 is 0 Å². The molecule has 0 bridgehead atoms. The van der Waals surface area contributed by atoms with Crippen LogP contribution in [0.2, 0.25) is 0 Å². The van der Waals surface area contributed by atoms with E-state index in [1.807, 2.05) is 36.4 Å². The molecular weight excluding hydrogens is 252 g/mol. The lowest BCUT2D eigenvalue weighted by Gasteiger charge is -2.13. The van der Waals surface area contributed by atoms with Crippen molar-refractivity contribution in [1.82, 2.24) is 0 Å². The standard InChI is InChI=1S/C17H17O3/c1-12(16-7-5-6-8-17(16)20-4)13-9-14(18-2)11-15(10-13)19-3/h1,5-11H,2-4H3. The predicted octanol–water partition coefficient (Wildman–Crippen LogP) is 3.58. The molecule has 20 heavy (non-hydrogen) atoms. The van der Waals surface area contributed by atoms with Gasteiger partial charge in [0, 0.05) is 11.6 Å². The van der Waals surface area contributed by atoms with Crippen LogP contribution in [0.4, 0.5) is 0 Å². The van der Waals surface area contributed by atoms with Gasteiger partial charge in [-0.25, -0.2) is 0 Å². The molecule has 3 heteroatoms. The lowest BCUT2D eigenvalue weighted by atomic mass is 9.98. The average Bonchev–Trinajstić information content (AvgIpc) is 2.53. The third-order valence-electron chi connectivity index (χ3n) is 3.06. The summed E-state index contributed by atoms with van der Waals surface area (Å²) in [5, 5.41) is 0. The second-order valence-electron chi connectivity index (χ2n) is 4.22. The zero-order chi connectivity index (χ0) is 14.5. The van der Waals surface area contributed by atoms with Gasteiger partial charge in [-0.1, -0.05) is 24.8 Å². The van der Waals surface area contributed by atoms with E-state index >= 15 is 0 Å². The molecule has 1 radical (unpaired) electrons. The van der Waals surface area contributed by atoms with E-state index in [4.69, 9.17) is 20.8 Å². The van der Waals surface area contributed by atoms with Gasteiger partial charge in [0.25, 0.3) is 0 Å². The minimum absolute atomic E-state index is 0.611. The second-order valence-corrected chi connectivity index (χ2v) is 4.22. The molecular formula is C17H17O3. The summed E-state index contributed by atoms with van der Waals surface area (Å²) in [6, 6.07) is 13.1. The Morgan fingerprint density at radius 3 is 2.00 bits per heavy atom. The fraction of sp³-hybridized carbons (Fsp3) is 0.176. The minimum atomic E-state index is 0.611. The monoisotopic (exact) mass is 269 g/mol. The van der Waals surface area contributed by atoms with E-state index in [2.05, 4.69) is 0 Å². The van der Waals surface area contributed by atoms with Crippen molar-refractivity contribution >= 4 is 5.57 Å². The molecule has 0 saturated heterocycles. The molecule has 2 aromatic rings. The Bertz CT molecular complexity index is 595. The molecule has 103 valence electrons. The lowest BCUT2D eigenvalue weighted by molar-refractivity contribution is 0.394. The van der Waals surface area contributed by atoms with Crippen molar-refractivity contribution in [3.05, 3.63) is 60.2 Å². The summed E-state index contributed by atoms with van der Waals surface area (Å²) in [4.78, 5) is 0. The van der Waals surface area contributed by atoms with E-state index in [9.17, 15) is 0 Å². The highest BCUT2D eigenvalue weighted by Gasteiger charge is 2.11. The molecule has 2 aromatic carbocycles. The molecule has 0 aliphatic rings. The Kier molecular flexibility index (Phi) is 4.31. The largest absolute Gasteiger partial charge is 0.497 e. The molecule has 0 aliphatic carbocycles. The van der Waals surface area contributed by atoms with Crippen LogP contribution in [0, 0.1) is 6.58 Å². The van der Waals surface area contributed by atoms with Crippen LogP contribution in [0.5, 0.6) is 17.2 Å². The van der Waals surface area contributed by atoms with Crippen molar-refractivity contribution in [2.45, 2.75) is 0 Å². The Hall–Kier alpha value is -2.42. The van der Waals surface area contributed by atoms with E-state index in [-0.39, 0.29) is 0 Å². The van der Waals surface area contributed by atoms with Crippen LogP contribution in [-0.4, -0.2) is 21.3 Å². The number of hydrogen-bond acceptors (Lipinski definition) is 3. The van der Waals surface area contributed by atoms with Crippen LogP contribution in [0.15, 0.2) is 42.5 Å². The summed E-state index contributed by atoms with van der Waals surface area (Å²) in [6.07, 6.45) is 0.